The monoisotopic (exact) mass is 611 g/mol. The molecular formula is C32H38ClN3O5S. The van der Waals surface area contributed by atoms with Crippen LogP contribution in [0, 0.1) is 6.92 Å². The Bertz CT molecular complexity index is 1490. The van der Waals surface area contributed by atoms with E-state index in [1.807, 2.05) is 43.3 Å². The third-order valence-electron chi connectivity index (χ3n) is 7.50. The first-order chi connectivity index (χ1) is 20.0. The van der Waals surface area contributed by atoms with Gasteiger partial charge in [-0.2, -0.15) is 0 Å². The molecular weight excluding hydrogens is 574 g/mol. The lowest BCUT2D eigenvalue weighted by molar-refractivity contribution is -0.140. The standard InChI is InChI=1S/C32H38ClN3O5S/c1-23-16-17-30(41-2)28(18-23)36(42(3,39)40)22-31(37)35(21-25-12-9-13-26(33)19-25)29(20-24-10-5-4-6-11-24)32(38)34-27-14-7-8-15-27/h4-6,9-13,16-19,27,29H,7-8,14-15,20-22H2,1-3H3,(H,34,38). The zero-order valence-electron chi connectivity index (χ0n) is 24.3. The van der Waals surface area contributed by atoms with E-state index in [1.165, 1.54) is 12.0 Å². The van der Waals surface area contributed by atoms with Crippen LogP contribution in [0.15, 0.2) is 72.8 Å². The molecule has 224 valence electrons. The smallest absolute Gasteiger partial charge is 0.244 e. The number of ether oxygens (including phenoxy) is 1. The zero-order chi connectivity index (χ0) is 30.3. The number of halogens is 1. The normalized spacial score (nSPS) is 14.3. The summed E-state index contributed by atoms with van der Waals surface area (Å²) >= 11 is 6.28. The largest absolute Gasteiger partial charge is 0.495 e. The average Bonchev–Trinajstić information content (AvgIpc) is 3.46. The van der Waals surface area contributed by atoms with E-state index in [-0.39, 0.29) is 30.6 Å². The molecule has 1 aliphatic rings. The summed E-state index contributed by atoms with van der Waals surface area (Å²) in [4.78, 5) is 29.7. The Hall–Kier alpha value is -3.56. The van der Waals surface area contributed by atoms with E-state index < -0.39 is 28.5 Å². The second-order valence-electron chi connectivity index (χ2n) is 10.8. The van der Waals surface area contributed by atoms with Gasteiger partial charge in [-0.1, -0.05) is 73.0 Å². The van der Waals surface area contributed by atoms with E-state index in [2.05, 4.69) is 5.32 Å². The van der Waals surface area contributed by atoms with Crippen molar-refractivity contribution in [3.8, 4) is 5.75 Å². The lowest BCUT2D eigenvalue weighted by Gasteiger charge is -2.34. The van der Waals surface area contributed by atoms with E-state index in [1.54, 1.807) is 36.4 Å². The van der Waals surface area contributed by atoms with Crippen molar-refractivity contribution in [2.75, 3.05) is 24.2 Å². The van der Waals surface area contributed by atoms with Crippen LogP contribution in [0.2, 0.25) is 5.02 Å². The average molecular weight is 612 g/mol. The van der Waals surface area contributed by atoms with Crippen molar-refractivity contribution in [3.63, 3.8) is 0 Å². The van der Waals surface area contributed by atoms with Gasteiger partial charge in [0.1, 0.15) is 18.3 Å². The van der Waals surface area contributed by atoms with Gasteiger partial charge in [0.15, 0.2) is 0 Å². The lowest BCUT2D eigenvalue weighted by Crippen LogP contribution is -2.54. The van der Waals surface area contributed by atoms with Crippen LogP contribution in [-0.4, -0.2) is 57.1 Å². The molecule has 1 aliphatic carbocycles. The van der Waals surface area contributed by atoms with Crippen LogP contribution in [0.3, 0.4) is 0 Å². The molecule has 0 aromatic heterocycles. The predicted octanol–water partition coefficient (Wildman–Crippen LogP) is 5.12. The summed E-state index contributed by atoms with van der Waals surface area (Å²) in [5.41, 5.74) is 2.67. The summed E-state index contributed by atoms with van der Waals surface area (Å²) in [7, 11) is -2.47. The molecule has 0 saturated heterocycles. The first-order valence-corrected chi connectivity index (χ1v) is 16.3. The van der Waals surface area contributed by atoms with E-state index >= 15 is 0 Å². The number of benzene rings is 3. The molecule has 2 amide bonds. The number of carbonyl (C=O) groups is 2. The number of hydrogen-bond acceptors (Lipinski definition) is 5. The van der Waals surface area contributed by atoms with Crippen molar-refractivity contribution in [2.24, 2.45) is 0 Å². The Labute approximate surface area is 253 Å². The van der Waals surface area contributed by atoms with Crippen LogP contribution in [-0.2, 0) is 32.6 Å². The number of carbonyl (C=O) groups excluding carboxylic acids is 2. The van der Waals surface area contributed by atoms with Crippen molar-refractivity contribution < 1.29 is 22.7 Å². The highest BCUT2D eigenvalue weighted by Gasteiger charge is 2.35. The van der Waals surface area contributed by atoms with Gasteiger partial charge in [0.25, 0.3) is 0 Å². The van der Waals surface area contributed by atoms with Gasteiger partial charge in [-0.15, -0.1) is 0 Å². The fourth-order valence-corrected chi connectivity index (χ4v) is 6.40. The van der Waals surface area contributed by atoms with Crippen LogP contribution in [0.25, 0.3) is 0 Å². The molecule has 0 aliphatic heterocycles. The minimum absolute atomic E-state index is 0.0444. The first kappa shape index (κ1) is 31.4. The topological polar surface area (TPSA) is 96.0 Å². The molecule has 8 nitrogen and oxygen atoms in total. The Morgan fingerprint density at radius 2 is 1.69 bits per heavy atom. The Morgan fingerprint density at radius 3 is 2.33 bits per heavy atom. The van der Waals surface area contributed by atoms with Crippen LogP contribution in [0.1, 0.15) is 42.4 Å². The number of nitrogens with one attached hydrogen (secondary N) is 1. The fourth-order valence-electron chi connectivity index (χ4n) is 5.34. The number of amides is 2. The molecule has 4 rings (SSSR count). The Morgan fingerprint density at radius 1 is 1.00 bits per heavy atom. The second kappa shape index (κ2) is 14.1. The molecule has 3 aromatic rings. The molecule has 0 bridgehead atoms. The quantitative estimate of drug-likeness (QED) is 0.307. The van der Waals surface area contributed by atoms with Gasteiger partial charge in [-0.3, -0.25) is 13.9 Å². The number of nitrogens with zero attached hydrogens (tertiary/aromatic N) is 2. The van der Waals surface area contributed by atoms with Gasteiger partial charge < -0.3 is 15.0 Å². The van der Waals surface area contributed by atoms with Gasteiger partial charge in [-0.05, 0) is 60.7 Å². The SMILES string of the molecule is COc1ccc(C)cc1N(CC(=O)N(Cc1cccc(Cl)c1)C(Cc1ccccc1)C(=O)NC1CCCC1)S(C)(=O)=O. The summed E-state index contributed by atoms with van der Waals surface area (Å²) in [5.74, 6) is -0.466. The molecule has 0 heterocycles. The molecule has 3 aromatic carbocycles. The van der Waals surface area contributed by atoms with Crippen LogP contribution < -0.4 is 14.4 Å². The van der Waals surface area contributed by atoms with Gasteiger partial charge in [-0.25, -0.2) is 8.42 Å². The Balaban J connectivity index is 1.76. The first-order valence-electron chi connectivity index (χ1n) is 14.1. The molecule has 10 heteroatoms. The number of anilines is 1. The minimum atomic E-state index is -3.91. The number of aryl methyl sites for hydroxylation is 1. The van der Waals surface area contributed by atoms with E-state index in [4.69, 9.17) is 16.3 Å². The Kier molecular flexibility index (Phi) is 10.5. The van der Waals surface area contributed by atoms with Crippen molar-refractivity contribution in [2.45, 2.75) is 57.7 Å². The third-order valence-corrected chi connectivity index (χ3v) is 8.86. The lowest BCUT2D eigenvalue weighted by atomic mass is 10.0. The van der Waals surface area contributed by atoms with E-state index in [0.717, 1.165) is 52.9 Å². The summed E-state index contributed by atoms with van der Waals surface area (Å²) in [6.07, 6.45) is 5.18. The molecule has 1 atom stereocenters. The summed E-state index contributed by atoms with van der Waals surface area (Å²) < 4.78 is 32.7. The van der Waals surface area contributed by atoms with E-state index in [0.29, 0.717) is 10.8 Å². The van der Waals surface area contributed by atoms with Gasteiger partial charge in [0.2, 0.25) is 21.8 Å². The molecule has 0 spiro atoms. The highest BCUT2D eigenvalue weighted by Crippen LogP contribution is 2.31. The van der Waals surface area contributed by atoms with Crippen LogP contribution in [0.4, 0.5) is 5.69 Å². The maximum atomic E-state index is 14.3. The van der Waals surface area contributed by atoms with Crippen LogP contribution in [0.5, 0.6) is 5.75 Å². The van der Waals surface area contributed by atoms with Crippen molar-refractivity contribution in [1.29, 1.82) is 0 Å². The highest BCUT2D eigenvalue weighted by molar-refractivity contribution is 7.92. The van der Waals surface area contributed by atoms with Crippen molar-refractivity contribution in [3.05, 3.63) is 94.5 Å². The number of rotatable bonds is 12. The van der Waals surface area contributed by atoms with Crippen molar-refractivity contribution in [1.82, 2.24) is 10.2 Å². The molecule has 0 radical (unpaired) electrons. The fraction of sp³-hybridized carbons (Fsp3) is 0.375. The van der Waals surface area contributed by atoms with Crippen LogP contribution >= 0.6 is 11.6 Å². The zero-order valence-corrected chi connectivity index (χ0v) is 25.8. The van der Waals surface area contributed by atoms with Crippen molar-refractivity contribution >= 4 is 39.1 Å². The third kappa shape index (κ3) is 8.26. The summed E-state index contributed by atoms with van der Waals surface area (Å²) in [6, 6.07) is 20.9. The number of hydrogen-bond donors (Lipinski definition) is 1. The number of sulfonamides is 1. The summed E-state index contributed by atoms with van der Waals surface area (Å²) in [5, 5.41) is 3.66. The van der Waals surface area contributed by atoms with E-state index in [9.17, 15) is 18.0 Å². The molecule has 1 fully saturated rings. The minimum Gasteiger partial charge on any atom is -0.495 e. The predicted molar refractivity (Wildman–Crippen MR) is 166 cm³/mol. The molecule has 1 saturated carbocycles. The maximum absolute atomic E-state index is 14.3. The highest BCUT2D eigenvalue weighted by atomic mass is 35.5. The van der Waals surface area contributed by atoms with Gasteiger partial charge in [0, 0.05) is 24.0 Å². The van der Waals surface area contributed by atoms with Gasteiger partial charge in [0.05, 0.1) is 19.1 Å². The summed E-state index contributed by atoms with van der Waals surface area (Å²) in [6.45, 7) is 1.39. The second-order valence-corrected chi connectivity index (χ2v) is 13.1. The maximum Gasteiger partial charge on any atom is 0.244 e. The molecule has 1 N–H and O–H groups in total. The number of methoxy groups -OCH3 is 1. The molecule has 1 unspecified atom stereocenters. The van der Waals surface area contributed by atoms with Gasteiger partial charge >= 0.3 is 0 Å². The molecule has 42 heavy (non-hydrogen) atoms.